The molecule has 1 N–H and O–H groups in total. The molecule has 0 radical (unpaired) electrons. The van der Waals surface area contributed by atoms with Crippen LogP contribution in [0.5, 0.6) is 0 Å². The van der Waals surface area contributed by atoms with Crippen molar-refractivity contribution in [3.63, 3.8) is 0 Å². The molecule has 2 unspecified atom stereocenters. The van der Waals surface area contributed by atoms with E-state index in [1.807, 2.05) is 0 Å². The van der Waals surface area contributed by atoms with Crippen molar-refractivity contribution in [1.29, 1.82) is 0 Å². The number of ether oxygens (including phenoxy) is 3. The molecule has 0 fully saturated rings. The third-order valence-electron chi connectivity index (χ3n) is 2.96. The maximum Gasteiger partial charge on any atom is 0.0701 e. The zero-order chi connectivity index (χ0) is 15.8. The lowest BCUT2D eigenvalue weighted by Crippen LogP contribution is -2.30. The molecule has 0 aromatic carbocycles. The Bertz CT molecular complexity index is 242. The normalized spacial score (nSPS) is 14.2. The highest BCUT2D eigenvalue weighted by Crippen LogP contribution is 1.92. The lowest BCUT2D eigenvalue weighted by molar-refractivity contribution is 0.0144. The van der Waals surface area contributed by atoms with E-state index in [2.05, 4.69) is 19.2 Å². The molecule has 0 aromatic rings. The number of hydrogen-bond acceptors (Lipinski definition) is 5. The number of hydrogen-bond donors (Lipinski definition) is 1. The molecule has 5 nitrogen and oxygen atoms in total. The highest BCUT2D eigenvalue weighted by atomic mass is 32.2. The van der Waals surface area contributed by atoms with Crippen molar-refractivity contribution >= 4 is 10.8 Å². The Morgan fingerprint density at radius 1 is 1.00 bits per heavy atom. The summed E-state index contributed by atoms with van der Waals surface area (Å²) in [5, 5.41) is 3.35. The van der Waals surface area contributed by atoms with Gasteiger partial charge in [-0.25, -0.2) is 0 Å². The molecule has 0 bridgehead atoms. The van der Waals surface area contributed by atoms with Crippen molar-refractivity contribution in [3.05, 3.63) is 0 Å². The van der Waals surface area contributed by atoms with E-state index in [9.17, 15) is 4.21 Å². The Morgan fingerprint density at radius 3 is 2.14 bits per heavy atom. The van der Waals surface area contributed by atoms with Gasteiger partial charge in [-0.15, -0.1) is 0 Å². The van der Waals surface area contributed by atoms with Crippen molar-refractivity contribution < 1.29 is 18.4 Å². The van der Waals surface area contributed by atoms with E-state index < -0.39 is 10.8 Å². The smallest absolute Gasteiger partial charge is 0.0701 e. The summed E-state index contributed by atoms with van der Waals surface area (Å²) in [4.78, 5) is 0. The summed E-state index contributed by atoms with van der Waals surface area (Å²) in [6, 6.07) is 0.383. The second-order valence-corrected chi connectivity index (χ2v) is 6.67. The molecule has 0 heterocycles. The van der Waals surface area contributed by atoms with Gasteiger partial charge in [-0.05, 0) is 19.8 Å². The molecule has 128 valence electrons. The molecule has 6 heteroatoms. The summed E-state index contributed by atoms with van der Waals surface area (Å²) in [5.74, 6) is 0.753. The van der Waals surface area contributed by atoms with Gasteiger partial charge in [-0.1, -0.05) is 13.3 Å². The molecule has 0 aromatic heterocycles. The Balaban J connectivity index is 3.10. The molecule has 0 saturated heterocycles. The average Bonchev–Trinajstić information content (AvgIpc) is 2.46. The predicted molar refractivity (Wildman–Crippen MR) is 88.4 cm³/mol. The number of unbranched alkanes of at least 4 members (excludes halogenated alkanes) is 1. The zero-order valence-corrected chi connectivity index (χ0v) is 14.7. The number of nitrogens with one attached hydrogen (secondary N) is 1. The van der Waals surface area contributed by atoms with Gasteiger partial charge in [0.1, 0.15) is 0 Å². The minimum Gasteiger partial charge on any atom is -0.379 e. The summed E-state index contributed by atoms with van der Waals surface area (Å²) in [6.45, 7) is 9.10. The maximum absolute atomic E-state index is 11.0. The van der Waals surface area contributed by atoms with Crippen LogP contribution in [0.3, 0.4) is 0 Å². The molecule has 21 heavy (non-hydrogen) atoms. The van der Waals surface area contributed by atoms with E-state index in [0.717, 1.165) is 38.2 Å². The maximum atomic E-state index is 11.0. The van der Waals surface area contributed by atoms with Crippen LogP contribution in [0.25, 0.3) is 0 Å². The molecular weight excluding hydrogens is 290 g/mol. The van der Waals surface area contributed by atoms with Crippen LogP contribution in [-0.4, -0.2) is 68.4 Å². The standard InChI is InChI=1S/C15H33NO4S/c1-4-5-8-18-10-12-20-13-11-19-9-7-16-15(2)6-14-21(3)17/h15-16H,4-14H2,1-3H3. The zero-order valence-electron chi connectivity index (χ0n) is 13.9. The first-order chi connectivity index (χ1) is 10.2. The number of rotatable bonds is 16. The van der Waals surface area contributed by atoms with Crippen LogP contribution in [0.4, 0.5) is 0 Å². The van der Waals surface area contributed by atoms with Crippen molar-refractivity contribution in [2.45, 2.75) is 39.2 Å². The monoisotopic (exact) mass is 323 g/mol. The van der Waals surface area contributed by atoms with Crippen LogP contribution in [0.1, 0.15) is 33.1 Å². The molecule has 0 rings (SSSR count). The van der Waals surface area contributed by atoms with Crippen molar-refractivity contribution in [2.24, 2.45) is 0 Å². The van der Waals surface area contributed by atoms with Crippen LogP contribution in [-0.2, 0) is 25.0 Å². The first-order valence-electron chi connectivity index (χ1n) is 7.93. The third kappa shape index (κ3) is 17.9. The average molecular weight is 323 g/mol. The van der Waals surface area contributed by atoms with Gasteiger partial charge in [0, 0.05) is 42.0 Å². The third-order valence-corrected chi connectivity index (χ3v) is 3.77. The van der Waals surface area contributed by atoms with Crippen molar-refractivity contribution in [2.75, 3.05) is 58.2 Å². The Kier molecular flexibility index (Phi) is 16.4. The van der Waals surface area contributed by atoms with Gasteiger partial charge in [0.2, 0.25) is 0 Å². The molecule has 0 aliphatic carbocycles. The van der Waals surface area contributed by atoms with E-state index in [4.69, 9.17) is 14.2 Å². The second kappa shape index (κ2) is 16.4. The topological polar surface area (TPSA) is 56.8 Å². The largest absolute Gasteiger partial charge is 0.379 e. The van der Waals surface area contributed by atoms with Crippen LogP contribution in [0.15, 0.2) is 0 Å². The minimum atomic E-state index is -0.701. The lowest BCUT2D eigenvalue weighted by Gasteiger charge is -2.13. The van der Waals surface area contributed by atoms with Crippen LogP contribution in [0, 0.1) is 0 Å². The van der Waals surface area contributed by atoms with Crippen LogP contribution in [0.2, 0.25) is 0 Å². The van der Waals surface area contributed by atoms with E-state index in [1.54, 1.807) is 6.26 Å². The predicted octanol–water partition coefficient (Wildman–Crippen LogP) is 1.58. The van der Waals surface area contributed by atoms with Gasteiger partial charge in [-0.3, -0.25) is 4.21 Å². The summed E-state index contributed by atoms with van der Waals surface area (Å²) in [7, 11) is -0.701. The summed E-state index contributed by atoms with van der Waals surface area (Å²) in [5.41, 5.74) is 0. The van der Waals surface area contributed by atoms with Gasteiger partial charge in [0.05, 0.1) is 33.0 Å². The molecule has 0 aliphatic heterocycles. The van der Waals surface area contributed by atoms with E-state index >= 15 is 0 Å². The van der Waals surface area contributed by atoms with E-state index in [-0.39, 0.29) is 0 Å². The summed E-state index contributed by atoms with van der Waals surface area (Å²) >= 11 is 0. The molecule has 0 aliphatic rings. The van der Waals surface area contributed by atoms with Gasteiger partial charge in [0.15, 0.2) is 0 Å². The van der Waals surface area contributed by atoms with Crippen LogP contribution < -0.4 is 5.32 Å². The molecular formula is C15H33NO4S. The molecule has 0 spiro atoms. The summed E-state index contributed by atoms with van der Waals surface area (Å²) < 4.78 is 27.2. The Morgan fingerprint density at radius 2 is 1.57 bits per heavy atom. The fourth-order valence-corrected chi connectivity index (χ4v) is 2.30. The second-order valence-electron chi connectivity index (χ2n) is 5.11. The van der Waals surface area contributed by atoms with Gasteiger partial charge in [0.25, 0.3) is 0 Å². The fraction of sp³-hybridized carbons (Fsp3) is 1.00. The first-order valence-corrected chi connectivity index (χ1v) is 9.66. The van der Waals surface area contributed by atoms with Crippen molar-refractivity contribution in [3.8, 4) is 0 Å². The Labute approximate surface area is 132 Å². The van der Waals surface area contributed by atoms with E-state index in [0.29, 0.717) is 39.1 Å². The SMILES string of the molecule is CCCCOCCOCCOCCNC(C)CCS(C)=O. The van der Waals surface area contributed by atoms with Gasteiger partial charge in [-0.2, -0.15) is 0 Å². The molecule has 0 saturated carbocycles. The van der Waals surface area contributed by atoms with Crippen molar-refractivity contribution in [1.82, 2.24) is 5.32 Å². The van der Waals surface area contributed by atoms with Crippen LogP contribution >= 0.6 is 0 Å². The highest BCUT2D eigenvalue weighted by Gasteiger charge is 2.01. The lowest BCUT2D eigenvalue weighted by atomic mass is 10.2. The summed E-state index contributed by atoms with van der Waals surface area (Å²) in [6.07, 6.45) is 4.95. The Hall–Kier alpha value is -0.0100. The molecule has 2 atom stereocenters. The van der Waals surface area contributed by atoms with Gasteiger partial charge < -0.3 is 19.5 Å². The minimum absolute atomic E-state index is 0.383. The highest BCUT2D eigenvalue weighted by molar-refractivity contribution is 7.84. The fourth-order valence-electron chi connectivity index (χ4n) is 1.61. The van der Waals surface area contributed by atoms with E-state index in [1.165, 1.54) is 0 Å². The first kappa shape index (κ1) is 21.0. The van der Waals surface area contributed by atoms with Gasteiger partial charge >= 0.3 is 0 Å². The molecule has 0 amide bonds. The quantitative estimate of drug-likeness (QED) is 0.437.